The van der Waals surface area contributed by atoms with Gasteiger partial charge in [-0.2, -0.15) is 13.2 Å². The Morgan fingerprint density at radius 3 is 2.56 bits per heavy atom. The number of β-amino-alcohol motifs (C(OH)–C–C–N with tert-alkyl or cyclic N) is 1. The molecule has 7 nitrogen and oxygen atoms in total. The average molecular weight is 508 g/mol. The standard InChI is InChI=1S/C25H29F4N5O2/c1-3-33(11-17-4-6-19(7-5-17)25(27,28)29)23-22-20(26)13-34(24(22)31-15-30-23)12-18-8-9-32(10-16(2)35)14-21(18)36/h4-7,13,15,18,21,36H,3,8-12,14H2,1-2H3/t18?,21-/m0/s1. The molecule has 1 N–H and O–H groups in total. The maximum Gasteiger partial charge on any atom is 0.416 e. The fourth-order valence-corrected chi connectivity index (χ4v) is 4.77. The number of aliphatic hydroxyl groups excluding tert-OH is 1. The van der Waals surface area contributed by atoms with Gasteiger partial charge in [-0.1, -0.05) is 12.1 Å². The first kappa shape index (κ1) is 26.0. The third-order valence-corrected chi connectivity index (χ3v) is 6.61. The number of likely N-dealkylation sites (tertiary alicyclic amines) is 1. The van der Waals surface area contributed by atoms with Crippen LogP contribution in [-0.4, -0.2) is 62.6 Å². The van der Waals surface area contributed by atoms with Crippen molar-refractivity contribution in [1.29, 1.82) is 0 Å². The van der Waals surface area contributed by atoms with Gasteiger partial charge < -0.3 is 14.6 Å². The first-order chi connectivity index (χ1) is 17.1. The minimum absolute atomic E-state index is 0.0418. The van der Waals surface area contributed by atoms with Crippen LogP contribution in [0.3, 0.4) is 0 Å². The Balaban J connectivity index is 1.55. The van der Waals surface area contributed by atoms with E-state index in [1.54, 1.807) is 9.47 Å². The number of alkyl halides is 3. The average Bonchev–Trinajstić information content (AvgIpc) is 3.14. The number of aromatic nitrogens is 3. The van der Waals surface area contributed by atoms with Crippen molar-refractivity contribution in [1.82, 2.24) is 19.4 Å². The molecule has 2 aromatic heterocycles. The third-order valence-electron chi connectivity index (χ3n) is 6.61. The lowest BCUT2D eigenvalue weighted by Gasteiger charge is -2.35. The van der Waals surface area contributed by atoms with Crippen molar-refractivity contribution in [3.8, 4) is 0 Å². The summed E-state index contributed by atoms with van der Waals surface area (Å²) >= 11 is 0. The number of carbonyl (C=O) groups excluding carboxylic acids is 1. The normalized spacial score (nSPS) is 19.1. The molecule has 0 saturated carbocycles. The van der Waals surface area contributed by atoms with Gasteiger partial charge in [0.15, 0.2) is 5.82 Å². The van der Waals surface area contributed by atoms with E-state index < -0.39 is 23.7 Å². The minimum atomic E-state index is -4.41. The van der Waals surface area contributed by atoms with Crippen LogP contribution in [0, 0.1) is 11.7 Å². The summed E-state index contributed by atoms with van der Waals surface area (Å²) in [7, 11) is 0. The van der Waals surface area contributed by atoms with Crippen molar-refractivity contribution in [3.63, 3.8) is 0 Å². The van der Waals surface area contributed by atoms with Gasteiger partial charge in [0.1, 0.15) is 23.6 Å². The maximum atomic E-state index is 15.2. The van der Waals surface area contributed by atoms with Crippen molar-refractivity contribution in [2.75, 3.05) is 31.1 Å². The Bertz CT molecular complexity index is 1210. The van der Waals surface area contributed by atoms with E-state index >= 15 is 4.39 Å². The predicted octanol–water partition coefficient (Wildman–Crippen LogP) is 3.89. The molecule has 3 heterocycles. The molecule has 0 amide bonds. The van der Waals surface area contributed by atoms with Crippen molar-refractivity contribution in [3.05, 3.63) is 53.7 Å². The Morgan fingerprint density at radius 2 is 1.94 bits per heavy atom. The molecule has 194 valence electrons. The van der Waals surface area contributed by atoms with Gasteiger partial charge in [-0.3, -0.25) is 9.69 Å². The third kappa shape index (κ3) is 5.67. The molecule has 1 fully saturated rings. The number of Topliss-reactive ketones (excluding diaryl/α,β-unsaturated/α-hetero) is 1. The summed E-state index contributed by atoms with van der Waals surface area (Å²) in [5.74, 6) is -0.235. The molecular formula is C25H29F4N5O2. The fraction of sp³-hybridized carbons (Fsp3) is 0.480. The lowest BCUT2D eigenvalue weighted by molar-refractivity contribution is -0.137. The molecule has 1 aliphatic heterocycles. The number of rotatable bonds is 8. The number of hydrogen-bond donors (Lipinski definition) is 1. The molecule has 3 aromatic rings. The highest BCUT2D eigenvalue weighted by Crippen LogP contribution is 2.32. The summed E-state index contributed by atoms with van der Waals surface area (Å²) < 4.78 is 55.5. The number of fused-ring (bicyclic) bond motifs is 1. The predicted molar refractivity (Wildman–Crippen MR) is 127 cm³/mol. The molecule has 4 rings (SSSR count). The lowest BCUT2D eigenvalue weighted by atomic mass is 9.93. The highest BCUT2D eigenvalue weighted by molar-refractivity contribution is 5.88. The van der Waals surface area contributed by atoms with Crippen molar-refractivity contribution >= 4 is 22.6 Å². The SMILES string of the molecule is CCN(Cc1ccc(C(F)(F)F)cc1)c1ncnc2c1c(F)cn2CC1CCN(CC(C)=O)C[C@@H]1O. The van der Waals surface area contributed by atoms with Crippen molar-refractivity contribution in [2.24, 2.45) is 5.92 Å². The van der Waals surface area contributed by atoms with E-state index in [0.717, 1.165) is 12.1 Å². The summed E-state index contributed by atoms with van der Waals surface area (Å²) in [5, 5.41) is 10.9. The van der Waals surface area contributed by atoms with Gasteiger partial charge in [-0.25, -0.2) is 14.4 Å². The molecule has 36 heavy (non-hydrogen) atoms. The van der Waals surface area contributed by atoms with Crippen molar-refractivity contribution in [2.45, 2.75) is 45.6 Å². The number of piperidine rings is 1. The van der Waals surface area contributed by atoms with Gasteiger partial charge in [0, 0.05) is 38.3 Å². The van der Waals surface area contributed by atoms with Crippen LogP contribution in [0.25, 0.3) is 11.0 Å². The van der Waals surface area contributed by atoms with Gasteiger partial charge in [0.25, 0.3) is 0 Å². The summed E-state index contributed by atoms with van der Waals surface area (Å²) in [6.45, 7) is 5.77. The topological polar surface area (TPSA) is 74.5 Å². The summed E-state index contributed by atoms with van der Waals surface area (Å²) in [6.07, 6.45) is -1.72. The van der Waals surface area contributed by atoms with Crippen LogP contribution in [0.5, 0.6) is 0 Å². The zero-order valence-corrected chi connectivity index (χ0v) is 20.2. The number of hydrogen-bond acceptors (Lipinski definition) is 6. The number of halogens is 4. The molecule has 1 aromatic carbocycles. The van der Waals surface area contributed by atoms with E-state index in [1.165, 1.54) is 31.6 Å². The molecule has 0 spiro atoms. The Labute approximate surface area is 206 Å². The number of nitrogens with zero attached hydrogens (tertiary/aromatic N) is 5. The number of ketones is 1. The van der Waals surface area contributed by atoms with E-state index in [4.69, 9.17) is 0 Å². The molecule has 1 unspecified atom stereocenters. The van der Waals surface area contributed by atoms with E-state index in [9.17, 15) is 23.1 Å². The lowest BCUT2D eigenvalue weighted by Crippen LogP contribution is -2.46. The number of anilines is 1. The first-order valence-electron chi connectivity index (χ1n) is 11.9. The van der Waals surface area contributed by atoms with Gasteiger partial charge >= 0.3 is 6.18 Å². The first-order valence-corrected chi connectivity index (χ1v) is 11.9. The van der Waals surface area contributed by atoms with Gasteiger partial charge in [0.05, 0.1) is 23.6 Å². The Morgan fingerprint density at radius 1 is 1.22 bits per heavy atom. The van der Waals surface area contributed by atoms with Crippen molar-refractivity contribution < 1.29 is 27.5 Å². The summed E-state index contributed by atoms with van der Waals surface area (Å²) in [4.78, 5) is 23.7. The molecule has 0 radical (unpaired) electrons. The second-order valence-electron chi connectivity index (χ2n) is 9.29. The molecule has 11 heteroatoms. The van der Waals surface area contributed by atoms with Crippen LogP contribution in [0.1, 0.15) is 31.4 Å². The zero-order chi connectivity index (χ0) is 26.0. The second-order valence-corrected chi connectivity index (χ2v) is 9.29. The Kier molecular flexibility index (Phi) is 7.60. The number of aliphatic hydroxyl groups is 1. The van der Waals surface area contributed by atoms with Crippen LogP contribution < -0.4 is 4.90 Å². The van der Waals surface area contributed by atoms with E-state index in [2.05, 4.69) is 9.97 Å². The highest BCUT2D eigenvalue weighted by Gasteiger charge is 2.31. The molecule has 1 saturated heterocycles. The Hall–Kier alpha value is -3.05. The van der Waals surface area contributed by atoms with Crippen LogP contribution in [0.2, 0.25) is 0 Å². The highest BCUT2D eigenvalue weighted by atomic mass is 19.4. The smallest absolute Gasteiger partial charge is 0.391 e. The monoisotopic (exact) mass is 507 g/mol. The van der Waals surface area contributed by atoms with E-state index in [-0.39, 0.29) is 23.6 Å². The summed E-state index contributed by atoms with van der Waals surface area (Å²) in [5.41, 5.74) is 0.301. The van der Waals surface area contributed by atoms with Crippen LogP contribution >= 0.6 is 0 Å². The van der Waals surface area contributed by atoms with Crippen LogP contribution in [0.4, 0.5) is 23.4 Å². The number of carbonyl (C=O) groups is 1. The fourth-order valence-electron chi connectivity index (χ4n) is 4.77. The molecule has 0 aliphatic carbocycles. The van der Waals surface area contributed by atoms with Gasteiger partial charge in [-0.05, 0) is 44.5 Å². The zero-order valence-electron chi connectivity index (χ0n) is 20.2. The second kappa shape index (κ2) is 10.5. The molecule has 2 atom stereocenters. The van der Waals surface area contributed by atoms with Crippen LogP contribution in [-0.2, 0) is 24.1 Å². The molecule has 1 aliphatic rings. The van der Waals surface area contributed by atoms with Crippen LogP contribution in [0.15, 0.2) is 36.8 Å². The molecule has 0 bridgehead atoms. The van der Waals surface area contributed by atoms with E-state index in [0.29, 0.717) is 56.2 Å². The van der Waals surface area contributed by atoms with Gasteiger partial charge in [0.2, 0.25) is 0 Å². The number of benzene rings is 1. The molecular weight excluding hydrogens is 478 g/mol. The van der Waals surface area contributed by atoms with E-state index in [1.807, 2.05) is 11.8 Å². The maximum absolute atomic E-state index is 15.2. The quantitative estimate of drug-likeness (QED) is 0.467. The largest absolute Gasteiger partial charge is 0.416 e. The van der Waals surface area contributed by atoms with Gasteiger partial charge in [-0.15, -0.1) is 0 Å². The minimum Gasteiger partial charge on any atom is -0.391 e. The summed E-state index contributed by atoms with van der Waals surface area (Å²) in [6, 6.07) is 4.88.